The predicted octanol–water partition coefficient (Wildman–Crippen LogP) is 4.74. The molecule has 7 rings (SSSR count). The summed E-state index contributed by atoms with van der Waals surface area (Å²) in [7, 11) is 1.46. The number of hydrogen-bond acceptors (Lipinski definition) is 8. The first kappa shape index (κ1) is 28.5. The Morgan fingerprint density at radius 2 is 1.58 bits per heavy atom. The Labute approximate surface area is 257 Å². The van der Waals surface area contributed by atoms with Gasteiger partial charge in [-0.1, -0.05) is 35.9 Å². The van der Waals surface area contributed by atoms with Crippen LogP contribution in [0.5, 0.6) is 11.5 Å². The lowest BCUT2D eigenvalue weighted by atomic mass is 9.51. The molecular formula is C34H29N3O8. The zero-order chi connectivity index (χ0) is 31.8. The van der Waals surface area contributed by atoms with Crippen molar-refractivity contribution in [2.24, 2.45) is 29.1 Å². The maximum atomic E-state index is 14.5. The van der Waals surface area contributed by atoms with E-state index in [-0.39, 0.29) is 41.8 Å². The molecule has 228 valence electrons. The minimum atomic E-state index is -1.25. The Balaban J connectivity index is 1.36. The number of nitro benzene ring substituents is 1. The van der Waals surface area contributed by atoms with Crippen molar-refractivity contribution in [3.05, 3.63) is 100 Å². The standard InChI is InChI=1S/C34H29N3O8/c1-34-26(31(40)36(33(34)42)18-6-4-3-5-7-18)17-25-22(29(34)23-13-12-21(38)16-27(23)45-2)14-15-24-28(25)32(41)35(30(24)39)19-8-10-20(11-9-19)37(43)44/h3-14,16,24-26,28-29,38H,15,17H2,1-2H3. The van der Waals surface area contributed by atoms with Crippen LogP contribution in [0.4, 0.5) is 17.1 Å². The summed E-state index contributed by atoms with van der Waals surface area (Å²) in [6.45, 7) is 1.78. The number of anilines is 2. The fourth-order valence-electron chi connectivity index (χ4n) is 8.10. The number of imide groups is 2. The van der Waals surface area contributed by atoms with Crippen LogP contribution in [-0.4, -0.2) is 40.8 Å². The number of phenolic OH excluding ortho intramolecular Hbond substituents is 1. The van der Waals surface area contributed by atoms with Crippen molar-refractivity contribution in [3.8, 4) is 11.5 Å². The summed E-state index contributed by atoms with van der Waals surface area (Å²) in [6, 6.07) is 18.6. The second-order valence-corrected chi connectivity index (χ2v) is 12.2. The quantitative estimate of drug-likeness (QED) is 0.189. The SMILES string of the molecule is COc1cc(O)ccc1C1C2=CCC3C(=O)N(c4ccc([N+](=O)[O-])cc4)C(=O)C3C2CC2C(=O)N(c3ccccc3)C(=O)C21C. The van der Waals surface area contributed by atoms with Gasteiger partial charge < -0.3 is 9.84 Å². The highest BCUT2D eigenvalue weighted by molar-refractivity contribution is 6.25. The molecule has 2 saturated heterocycles. The molecular weight excluding hydrogens is 578 g/mol. The molecule has 0 aromatic heterocycles. The molecule has 45 heavy (non-hydrogen) atoms. The number of phenols is 1. The number of methoxy groups -OCH3 is 1. The molecule has 0 bridgehead atoms. The number of amides is 4. The fraction of sp³-hybridized carbons (Fsp3) is 0.294. The highest BCUT2D eigenvalue weighted by Gasteiger charge is 2.68. The third-order valence-electron chi connectivity index (χ3n) is 10.1. The molecule has 1 saturated carbocycles. The van der Waals surface area contributed by atoms with E-state index in [1.807, 2.05) is 6.08 Å². The molecule has 6 atom stereocenters. The molecule has 4 aliphatic rings. The van der Waals surface area contributed by atoms with Gasteiger partial charge in [-0.25, -0.2) is 4.90 Å². The number of carbonyl (C=O) groups is 4. The number of ether oxygens (including phenoxy) is 1. The molecule has 6 unspecified atom stereocenters. The minimum absolute atomic E-state index is 0.0302. The number of nitrogens with zero attached hydrogens (tertiary/aromatic N) is 3. The van der Waals surface area contributed by atoms with Crippen LogP contribution in [0.3, 0.4) is 0 Å². The van der Waals surface area contributed by atoms with Crippen molar-refractivity contribution >= 4 is 40.7 Å². The molecule has 11 nitrogen and oxygen atoms in total. The van der Waals surface area contributed by atoms with E-state index >= 15 is 0 Å². The van der Waals surface area contributed by atoms with Crippen molar-refractivity contribution < 1.29 is 33.9 Å². The van der Waals surface area contributed by atoms with Crippen LogP contribution in [0.2, 0.25) is 0 Å². The average Bonchev–Trinajstić information content (AvgIpc) is 3.41. The average molecular weight is 608 g/mol. The van der Waals surface area contributed by atoms with Gasteiger partial charge in [-0.15, -0.1) is 0 Å². The van der Waals surface area contributed by atoms with Gasteiger partial charge in [0.1, 0.15) is 11.5 Å². The summed E-state index contributed by atoms with van der Waals surface area (Å²) in [5.74, 6) is -4.81. The van der Waals surface area contributed by atoms with E-state index in [1.165, 1.54) is 48.4 Å². The number of nitro groups is 1. The number of benzene rings is 3. The van der Waals surface area contributed by atoms with Gasteiger partial charge in [0.2, 0.25) is 23.6 Å². The van der Waals surface area contributed by atoms with Crippen LogP contribution in [0.1, 0.15) is 31.2 Å². The molecule has 0 radical (unpaired) electrons. The van der Waals surface area contributed by atoms with Gasteiger partial charge in [0.05, 0.1) is 46.6 Å². The van der Waals surface area contributed by atoms with E-state index in [4.69, 9.17) is 4.74 Å². The fourth-order valence-corrected chi connectivity index (χ4v) is 8.10. The molecule has 4 amide bonds. The number of carbonyl (C=O) groups excluding carboxylic acids is 4. The molecule has 2 heterocycles. The first-order valence-corrected chi connectivity index (χ1v) is 14.7. The first-order valence-electron chi connectivity index (χ1n) is 14.7. The van der Waals surface area contributed by atoms with Crippen LogP contribution < -0.4 is 14.5 Å². The summed E-state index contributed by atoms with van der Waals surface area (Å²) in [6.07, 6.45) is 2.35. The predicted molar refractivity (Wildman–Crippen MR) is 161 cm³/mol. The number of hydrogen-bond donors (Lipinski definition) is 1. The zero-order valence-corrected chi connectivity index (χ0v) is 24.5. The first-order chi connectivity index (χ1) is 21.6. The Morgan fingerprint density at radius 3 is 2.24 bits per heavy atom. The Morgan fingerprint density at radius 1 is 0.889 bits per heavy atom. The maximum absolute atomic E-state index is 14.5. The lowest BCUT2D eigenvalue weighted by Gasteiger charge is -2.49. The third-order valence-corrected chi connectivity index (χ3v) is 10.1. The smallest absolute Gasteiger partial charge is 0.269 e. The van der Waals surface area contributed by atoms with E-state index in [0.29, 0.717) is 17.0 Å². The molecule has 1 N–H and O–H groups in total. The van der Waals surface area contributed by atoms with E-state index in [9.17, 15) is 34.4 Å². The Kier molecular flexibility index (Phi) is 6.40. The van der Waals surface area contributed by atoms with E-state index < -0.39 is 51.7 Å². The summed E-state index contributed by atoms with van der Waals surface area (Å²) in [5, 5.41) is 21.4. The van der Waals surface area contributed by atoms with Crippen molar-refractivity contribution in [3.63, 3.8) is 0 Å². The summed E-state index contributed by atoms with van der Waals surface area (Å²) >= 11 is 0. The summed E-state index contributed by atoms with van der Waals surface area (Å²) in [5.41, 5.74) is 0.649. The van der Waals surface area contributed by atoms with Crippen molar-refractivity contribution in [1.29, 1.82) is 0 Å². The Hall–Kier alpha value is -5.32. The largest absolute Gasteiger partial charge is 0.508 e. The number of fused-ring (bicyclic) bond motifs is 4. The zero-order valence-electron chi connectivity index (χ0n) is 24.5. The molecule has 2 aliphatic heterocycles. The Bertz CT molecular complexity index is 1820. The molecule has 2 aliphatic carbocycles. The third kappa shape index (κ3) is 3.96. The summed E-state index contributed by atoms with van der Waals surface area (Å²) < 4.78 is 5.68. The van der Waals surface area contributed by atoms with Crippen LogP contribution in [0.25, 0.3) is 0 Å². The van der Waals surface area contributed by atoms with Crippen LogP contribution in [0, 0.1) is 39.2 Å². The van der Waals surface area contributed by atoms with Gasteiger partial charge in [-0.05, 0) is 56.0 Å². The molecule has 3 aromatic rings. The van der Waals surface area contributed by atoms with Crippen LogP contribution in [-0.2, 0) is 19.2 Å². The highest BCUT2D eigenvalue weighted by atomic mass is 16.6. The van der Waals surface area contributed by atoms with Crippen LogP contribution >= 0.6 is 0 Å². The minimum Gasteiger partial charge on any atom is -0.508 e. The van der Waals surface area contributed by atoms with Gasteiger partial charge in [-0.2, -0.15) is 0 Å². The van der Waals surface area contributed by atoms with Gasteiger partial charge in [0.25, 0.3) is 5.69 Å². The molecule has 3 aromatic carbocycles. The maximum Gasteiger partial charge on any atom is 0.269 e. The molecule has 11 heteroatoms. The summed E-state index contributed by atoms with van der Waals surface area (Å²) in [4.78, 5) is 69.6. The van der Waals surface area contributed by atoms with Crippen molar-refractivity contribution in [1.82, 2.24) is 0 Å². The second-order valence-electron chi connectivity index (χ2n) is 12.2. The highest BCUT2D eigenvalue weighted by Crippen LogP contribution is 2.64. The number of non-ortho nitro benzene ring substituents is 1. The van der Waals surface area contributed by atoms with E-state index in [0.717, 1.165) is 10.5 Å². The number of para-hydroxylation sites is 1. The van der Waals surface area contributed by atoms with E-state index in [2.05, 4.69) is 0 Å². The normalized spacial score (nSPS) is 28.8. The van der Waals surface area contributed by atoms with Gasteiger partial charge in [0.15, 0.2) is 0 Å². The topological polar surface area (TPSA) is 147 Å². The van der Waals surface area contributed by atoms with Crippen LogP contribution in [0.15, 0.2) is 84.4 Å². The van der Waals surface area contributed by atoms with Gasteiger partial charge in [0, 0.05) is 29.7 Å². The molecule has 3 fully saturated rings. The second kappa shape index (κ2) is 10.1. The number of aromatic hydroxyl groups is 1. The van der Waals surface area contributed by atoms with Gasteiger partial charge >= 0.3 is 0 Å². The lowest BCUT2D eigenvalue weighted by molar-refractivity contribution is -0.384. The molecule has 0 spiro atoms. The lowest BCUT2D eigenvalue weighted by Crippen LogP contribution is -2.49. The number of allylic oxidation sites excluding steroid dienone is 2. The van der Waals surface area contributed by atoms with Crippen molar-refractivity contribution in [2.45, 2.75) is 25.7 Å². The van der Waals surface area contributed by atoms with Gasteiger partial charge in [-0.3, -0.25) is 34.2 Å². The van der Waals surface area contributed by atoms with E-state index in [1.54, 1.807) is 43.3 Å². The monoisotopic (exact) mass is 607 g/mol. The van der Waals surface area contributed by atoms with Crippen molar-refractivity contribution in [2.75, 3.05) is 16.9 Å². The number of rotatable bonds is 5.